The van der Waals surface area contributed by atoms with Gasteiger partial charge in [-0.15, -0.1) is 0 Å². The Balaban J connectivity index is 2.36. The van der Waals surface area contributed by atoms with E-state index in [0.717, 1.165) is 11.1 Å². The fourth-order valence-corrected chi connectivity index (χ4v) is 3.10. The molecule has 2 aromatic rings. The molecule has 0 aliphatic heterocycles. The summed E-state index contributed by atoms with van der Waals surface area (Å²) in [5.74, 6) is 1.07. The Hall–Kier alpha value is -1.89. The number of rotatable bonds is 4. The Labute approximate surface area is 134 Å². The predicted octanol–water partition coefficient (Wildman–Crippen LogP) is 5.78. The first-order chi connectivity index (χ1) is 10.3. The van der Waals surface area contributed by atoms with E-state index in [4.69, 9.17) is 0 Å². The average Bonchev–Trinajstić information content (AvgIpc) is 2.45. The van der Waals surface area contributed by atoms with Crippen molar-refractivity contribution in [2.75, 3.05) is 0 Å². The Kier molecular flexibility index (Phi) is 4.85. The van der Waals surface area contributed by atoms with Gasteiger partial charge in [-0.25, -0.2) is 0 Å². The summed E-state index contributed by atoms with van der Waals surface area (Å²) in [5, 5.41) is 0. The van der Waals surface area contributed by atoms with Crippen LogP contribution in [0.3, 0.4) is 0 Å². The van der Waals surface area contributed by atoms with Crippen LogP contribution in [0.25, 0.3) is 0 Å². The van der Waals surface area contributed by atoms with E-state index < -0.39 is 0 Å². The summed E-state index contributed by atoms with van der Waals surface area (Å²) in [5.41, 5.74) is 6.55. The van der Waals surface area contributed by atoms with Gasteiger partial charge in [0.05, 0.1) is 0 Å². The van der Waals surface area contributed by atoms with Crippen LogP contribution < -0.4 is 0 Å². The highest BCUT2D eigenvalue weighted by Gasteiger charge is 2.13. The van der Waals surface area contributed by atoms with Gasteiger partial charge in [0.15, 0.2) is 5.78 Å². The quantitative estimate of drug-likeness (QED) is 0.653. The van der Waals surface area contributed by atoms with Crippen molar-refractivity contribution in [1.82, 2.24) is 0 Å². The van der Waals surface area contributed by atoms with Crippen LogP contribution in [0, 0.1) is 13.8 Å². The minimum Gasteiger partial charge on any atom is -0.289 e. The summed E-state index contributed by atoms with van der Waals surface area (Å²) in [7, 11) is 0. The molecular formula is C21H26O. The molecule has 0 amide bonds. The molecule has 22 heavy (non-hydrogen) atoms. The lowest BCUT2D eigenvalue weighted by Gasteiger charge is -2.13. The lowest BCUT2D eigenvalue weighted by molar-refractivity contribution is 0.103. The first kappa shape index (κ1) is 16.5. The lowest BCUT2D eigenvalue weighted by atomic mass is 9.91. The number of hydrogen-bond acceptors (Lipinski definition) is 1. The molecule has 0 aliphatic carbocycles. The van der Waals surface area contributed by atoms with Gasteiger partial charge < -0.3 is 0 Å². The van der Waals surface area contributed by atoms with Crippen molar-refractivity contribution < 1.29 is 4.79 Å². The van der Waals surface area contributed by atoms with E-state index in [9.17, 15) is 4.79 Å². The molecule has 0 fully saturated rings. The Morgan fingerprint density at radius 2 is 1.09 bits per heavy atom. The van der Waals surface area contributed by atoms with Gasteiger partial charge in [0.1, 0.15) is 0 Å². The van der Waals surface area contributed by atoms with Crippen molar-refractivity contribution in [3.63, 3.8) is 0 Å². The van der Waals surface area contributed by atoms with Crippen LogP contribution in [0.15, 0.2) is 36.4 Å². The molecule has 1 heteroatoms. The van der Waals surface area contributed by atoms with Crippen LogP contribution in [0.2, 0.25) is 0 Å². The zero-order valence-electron chi connectivity index (χ0n) is 14.5. The highest BCUT2D eigenvalue weighted by atomic mass is 16.1. The van der Waals surface area contributed by atoms with Crippen molar-refractivity contribution in [2.24, 2.45) is 0 Å². The molecule has 0 saturated heterocycles. The van der Waals surface area contributed by atoms with E-state index in [1.54, 1.807) is 0 Å². The second-order valence-electron chi connectivity index (χ2n) is 6.78. The molecule has 0 unspecified atom stereocenters. The molecule has 0 atom stereocenters. The van der Waals surface area contributed by atoms with Gasteiger partial charge in [0.25, 0.3) is 0 Å². The van der Waals surface area contributed by atoms with E-state index in [1.165, 1.54) is 22.3 Å². The van der Waals surface area contributed by atoms with E-state index in [1.807, 2.05) is 24.3 Å². The fourth-order valence-electron chi connectivity index (χ4n) is 3.10. The zero-order chi connectivity index (χ0) is 16.4. The van der Waals surface area contributed by atoms with E-state index in [2.05, 4.69) is 53.7 Å². The third-order valence-electron chi connectivity index (χ3n) is 4.31. The Morgan fingerprint density at radius 1 is 0.727 bits per heavy atom. The molecule has 2 rings (SSSR count). The molecule has 0 aliphatic rings. The first-order valence-electron chi connectivity index (χ1n) is 8.07. The highest BCUT2D eigenvalue weighted by Crippen LogP contribution is 2.24. The summed E-state index contributed by atoms with van der Waals surface area (Å²) in [6, 6.07) is 12.1. The number of hydrogen-bond donors (Lipinski definition) is 0. The fraction of sp³-hybridized carbons (Fsp3) is 0.381. The highest BCUT2D eigenvalue weighted by molar-refractivity contribution is 6.09. The average molecular weight is 294 g/mol. The number of ketones is 1. The number of carbonyl (C=O) groups excluding carboxylic acids is 1. The second kappa shape index (κ2) is 6.48. The van der Waals surface area contributed by atoms with Crippen LogP contribution in [0.1, 0.15) is 77.7 Å². The van der Waals surface area contributed by atoms with Crippen molar-refractivity contribution in [2.45, 2.75) is 53.4 Å². The van der Waals surface area contributed by atoms with Gasteiger partial charge in [0.2, 0.25) is 0 Å². The minimum absolute atomic E-state index is 0.108. The normalized spacial score (nSPS) is 11.3. The first-order valence-corrected chi connectivity index (χ1v) is 8.07. The second-order valence-corrected chi connectivity index (χ2v) is 6.78. The molecule has 0 heterocycles. The minimum atomic E-state index is 0.108. The van der Waals surface area contributed by atoms with Crippen molar-refractivity contribution in [1.29, 1.82) is 0 Å². The van der Waals surface area contributed by atoms with Crippen LogP contribution >= 0.6 is 0 Å². The number of aryl methyl sites for hydroxylation is 2. The SMILES string of the molecule is Cc1cc(C(=O)c2ccc(C(C)C)c(C)c2)ccc1C(C)C. The predicted molar refractivity (Wildman–Crippen MR) is 94.0 cm³/mol. The van der Waals surface area contributed by atoms with Crippen LogP contribution in [0.4, 0.5) is 0 Å². The van der Waals surface area contributed by atoms with Gasteiger partial charge in [-0.2, -0.15) is 0 Å². The maximum absolute atomic E-state index is 12.7. The third-order valence-corrected chi connectivity index (χ3v) is 4.31. The largest absolute Gasteiger partial charge is 0.289 e. The molecule has 0 saturated carbocycles. The van der Waals surface area contributed by atoms with Gasteiger partial charge in [0, 0.05) is 11.1 Å². The van der Waals surface area contributed by atoms with Crippen LogP contribution in [-0.2, 0) is 0 Å². The van der Waals surface area contributed by atoms with Crippen molar-refractivity contribution in [3.8, 4) is 0 Å². The molecule has 0 spiro atoms. The van der Waals surface area contributed by atoms with Crippen molar-refractivity contribution >= 4 is 5.78 Å². The maximum Gasteiger partial charge on any atom is 0.193 e. The smallest absolute Gasteiger partial charge is 0.193 e. The van der Waals surface area contributed by atoms with Gasteiger partial charge in [-0.3, -0.25) is 4.79 Å². The zero-order valence-corrected chi connectivity index (χ0v) is 14.5. The molecule has 0 radical (unpaired) electrons. The molecule has 1 nitrogen and oxygen atoms in total. The van der Waals surface area contributed by atoms with E-state index in [-0.39, 0.29) is 5.78 Å². The summed E-state index contributed by atoms with van der Waals surface area (Å²) in [6.07, 6.45) is 0. The molecule has 0 bridgehead atoms. The van der Waals surface area contributed by atoms with E-state index in [0.29, 0.717) is 11.8 Å². The van der Waals surface area contributed by atoms with Gasteiger partial charge in [-0.05, 0) is 60.1 Å². The van der Waals surface area contributed by atoms with Crippen LogP contribution in [-0.4, -0.2) is 5.78 Å². The molecule has 2 aromatic carbocycles. The number of carbonyl (C=O) groups is 1. The topological polar surface area (TPSA) is 17.1 Å². The Bertz CT molecular complexity index is 634. The standard InChI is InChI=1S/C21H26O/c1-13(2)19-9-7-17(11-15(19)5)21(22)18-8-10-20(14(3)4)16(6)12-18/h7-14H,1-6H3. The summed E-state index contributed by atoms with van der Waals surface area (Å²) < 4.78 is 0. The number of benzene rings is 2. The third kappa shape index (κ3) is 3.30. The van der Waals surface area contributed by atoms with Gasteiger partial charge >= 0.3 is 0 Å². The summed E-state index contributed by atoms with van der Waals surface area (Å²) >= 11 is 0. The molecule has 0 aromatic heterocycles. The van der Waals surface area contributed by atoms with Crippen LogP contribution in [0.5, 0.6) is 0 Å². The monoisotopic (exact) mass is 294 g/mol. The van der Waals surface area contributed by atoms with Gasteiger partial charge in [-0.1, -0.05) is 52.0 Å². The molecular weight excluding hydrogens is 268 g/mol. The Morgan fingerprint density at radius 3 is 1.36 bits per heavy atom. The molecule has 0 N–H and O–H groups in total. The van der Waals surface area contributed by atoms with Crippen molar-refractivity contribution in [3.05, 3.63) is 69.8 Å². The summed E-state index contributed by atoms with van der Waals surface area (Å²) in [4.78, 5) is 12.7. The lowest BCUT2D eigenvalue weighted by Crippen LogP contribution is -2.05. The molecule has 116 valence electrons. The van der Waals surface area contributed by atoms with E-state index >= 15 is 0 Å². The summed E-state index contributed by atoms with van der Waals surface area (Å²) in [6.45, 7) is 12.9. The maximum atomic E-state index is 12.7.